The van der Waals surface area contributed by atoms with Gasteiger partial charge in [0.1, 0.15) is 10.5 Å². The summed E-state index contributed by atoms with van der Waals surface area (Å²) in [4.78, 5) is 10.6. The summed E-state index contributed by atoms with van der Waals surface area (Å²) in [6.45, 7) is 1.13. The minimum absolute atomic E-state index is 0.401. The van der Waals surface area contributed by atoms with Gasteiger partial charge in [-0.1, -0.05) is 12.2 Å². The Kier molecular flexibility index (Phi) is 3.73. The summed E-state index contributed by atoms with van der Waals surface area (Å²) in [5, 5.41) is 0. The molecule has 18 heavy (non-hydrogen) atoms. The highest BCUT2D eigenvalue weighted by Gasteiger charge is 2.24. The molecule has 0 aromatic carbocycles. The molecule has 3 rings (SSSR count). The van der Waals surface area contributed by atoms with E-state index in [4.69, 9.17) is 12.2 Å². The van der Waals surface area contributed by atoms with Gasteiger partial charge in [0.05, 0.1) is 6.04 Å². The molecule has 2 aliphatic rings. The molecule has 1 saturated heterocycles. The average Bonchev–Trinajstić information content (AvgIpc) is 2.39. The molecule has 1 aromatic heterocycles. The Hall–Kier alpha value is -0.390. The molecule has 0 spiro atoms. The fraction of sp³-hybridized carbons (Fsp3) is 0.692. The normalized spacial score (nSPS) is 24.8. The van der Waals surface area contributed by atoms with E-state index in [0.29, 0.717) is 6.04 Å². The van der Waals surface area contributed by atoms with Crippen molar-refractivity contribution in [1.29, 1.82) is 0 Å². The first kappa shape index (κ1) is 12.6. The van der Waals surface area contributed by atoms with Crippen LogP contribution in [0.25, 0.3) is 0 Å². The van der Waals surface area contributed by atoms with Crippen molar-refractivity contribution in [1.82, 2.24) is 14.9 Å². The topological polar surface area (TPSA) is 31.9 Å². The molecule has 5 heteroatoms. The molecular weight excluding hydrogens is 262 g/mol. The van der Waals surface area contributed by atoms with Crippen LogP contribution in [0.3, 0.4) is 0 Å². The third-order valence-electron chi connectivity index (χ3n) is 3.94. The number of thioether (sulfide) groups is 1. The Labute approximate surface area is 117 Å². The average molecular weight is 281 g/mol. The smallest absolute Gasteiger partial charge is 0.133 e. The van der Waals surface area contributed by atoms with Crippen LogP contribution in [0.5, 0.6) is 0 Å². The van der Waals surface area contributed by atoms with E-state index in [1.54, 1.807) is 0 Å². The maximum Gasteiger partial charge on any atom is 0.133 e. The van der Waals surface area contributed by atoms with E-state index < -0.39 is 0 Å². The molecule has 0 saturated carbocycles. The number of aryl methyl sites for hydroxylation is 1. The van der Waals surface area contributed by atoms with Crippen LogP contribution in [0.2, 0.25) is 0 Å². The highest BCUT2D eigenvalue weighted by atomic mass is 32.2. The number of hydrogen-bond donors (Lipinski definition) is 1. The van der Waals surface area contributed by atoms with Crippen LogP contribution < -0.4 is 0 Å². The van der Waals surface area contributed by atoms with Gasteiger partial charge in [0.25, 0.3) is 0 Å². The number of nitrogens with zero attached hydrogens (tertiary/aromatic N) is 2. The Morgan fingerprint density at radius 2 is 2.22 bits per heavy atom. The van der Waals surface area contributed by atoms with Crippen LogP contribution in [0.15, 0.2) is 0 Å². The number of aromatic nitrogens is 2. The first-order valence-corrected chi connectivity index (χ1v) is 8.22. The van der Waals surface area contributed by atoms with Crippen LogP contribution in [0.4, 0.5) is 0 Å². The van der Waals surface area contributed by atoms with Crippen LogP contribution in [-0.2, 0) is 12.8 Å². The summed E-state index contributed by atoms with van der Waals surface area (Å²) in [6.07, 6.45) is 4.77. The van der Waals surface area contributed by atoms with Crippen molar-refractivity contribution in [2.24, 2.45) is 0 Å². The van der Waals surface area contributed by atoms with Crippen molar-refractivity contribution >= 4 is 24.0 Å². The zero-order chi connectivity index (χ0) is 12.5. The second-order valence-corrected chi connectivity index (χ2v) is 6.70. The van der Waals surface area contributed by atoms with Crippen molar-refractivity contribution < 1.29 is 0 Å². The maximum absolute atomic E-state index is 5.48. The number of fused-ring (bicyclic) bond motifs is 1. The van der Waals surface area contributed by atoms with Crippen LogP contribution in [0, 0.1) is 4.64 Å². The number of rotatable bonds is 1. The third-order valence-corrected chi connectivity index (χ3v) is 5.30. The van der Waals surface area contributed by atoms with Crippen molar-refractivity contribution in [2.75, 3.05) is 25.1 Å². The summed E-state index contributed by atoms with van der Waals surface area (Å²) in [5.41, 5.74) is 2.64. The van der Waals surface area contributed by atoms with E-state index in [1.165, 1.54) is 29.9 Å². The number of hydrogen-bond acceptors (Lipinski definition) is 4. The van der Waals surface area contributed by atoms with Crippen molar-refractivity contribution in [3.05, 3.63) is 21.7 Å². The highest BCUT2D eigenvalue weighted by molar-refractivity contribution is 7.99. The lowest BCUT2D eigenvalue weighted by Gasteiger charge is -2.32. The minimum Gasteiger partial charge on any atom is -0.346 e. The summed E-state index contributed by atoms with van der Waals surface area (Å²) in [6, 6.07) is 0.401. The van der Waals surface area contributed by atoms with Crippen LogP contribution >= 0.6 is 24.0 Å². The standard InChI is InChI=1S/C13H19N3S2/c1-16-6-7-18-8-11(16)12-14-10-5-3-2-4-9(10)13(17)15-12/h11H,2-8H2,1H3,(H,14,15,17). The van der Waals surface area contributed by atoms with E-state index in [2.05, 4.69) is 21.9 Å². The molecule has 3 nitrogen and oxygen atoms in total. The molecule has 1 N–H and O–H groups in total. The Balaban J connectivity index is 1.97. The van der Waals surface area contributed by atoms with Gasteiger partial charge >= 0.3 is 0 Å². The van der Waals surface area contributed by atoms with Gasteiger partial charge in [-0.2, -0.15) is 11.8 Å². The van der Waals surface area contributed by atoms with Gasteiger partial charge in [-0.15, -0.1) is 0 Å². The number of aromatic amines is 1. The lowest BCUT2D eigenvalue weighted by molar-refractivity contribution is 0.263. The predicted octanol–water partition coefficient (Wildman–Crippen LogP) is 2.74. The fourth-order valence-corrected chi connectivity index (χ4v) is 4.31. The number of H-pyrrole nitrogens is 1. The largest absolute Gasteiger partial charge is 0.346 e. The molecule has 1 fully saturated rings. The summed E-state index contributed by atoms with van der Waals surface area (Å²) >= 11 is 7.49. The van der Waals surface area contributed by atoms with E-state index >= 15 is 0 Å². The molecule has 1 aliphatic carbocycles. The van der Waals surface area contributed by atoms with Gasteiger partial charge in [0.2, 0.25) is 0 Å². The van der Waals surface area contributed by atoms with Crippen molar-refractivity contribution in [2.45, 2.75) is 31.7 Å². The lowest BCUT2D eigenvalue weighted by Crippen LogP contribution is -2.34. The SMILES string of the molecule is CN1CCSCC1c1nc(=S)c2c([nH]1)CCCC2. The number of nitrogens with one attached hydrogen (secondary N) is 1. The zero-order valence-corrected chi connectivity index (χ0v) is 12.4. The lowest BCUT2D eigenvalue weighted by atomic mass is 9.97. The molecule has 0 bridgehead atoms. The molecular formula is C13H19N3S2. The molecule has 1 unspecified atom stereocenters. The molecule has 2 heterocycles. The van der Waals surface area contributed by atoms with Crippen molar-refractivity contribution in [3.63, 3.8) is 0 Å². The molecule has 98 valence electrons. The third kappa shape index (κ3) is 2.36. The molecule has 1 aliphatic heterocycles. The van der Waals surface area contributed by atoms with Crippen LogP contribution in [-0.4, -0.2) is 40.0 Å². The van der Waals surface area contributed by atoms with Crippen LogP contribution in [0.1, 0.15) is 36.0 Å². The van der Waals surface area contributed by atoms with Gasteiger partial charge < -0.3 is 4.98 Å². The highest BCUT2D eigenvalue weighted by Crippen LogP contribution is 2.28. The summed E-state index contributed by atoms with van der Waals surface area (Å²) in [5.74, 6) is 3.42. The predicted molar refractivity (Wildman–Crippen MR) is 78.8 cm³/mol. The molecule has 1 atom stereocenters. The Morgan fingerprint density at radius 1 is 1.39 bits per heavy atom. The van der Waals surface area contributed by atoms with Gasteiger partial charge in [-0.3, -0.25) is 4.90 Å². The van der Waals surface area contributed by atoms with E-state index in [0.717, 1.165) is 35.6 Å². The quantitative estimate of drug-likeness (QED) is 0.802. The zero-order valence-electron chi connectivity index (χ0n) is 10.7. The Morgan fingerprint density at radius 3 is 3.06 bits per heavy atom. The molecule has 0 radical (unpaired) electrons. The van der Waals surface area contributed by atoms with Gasteiger partial charge in [0.15, 0.2) is 0 Å². The Bertz CT molecular complexity index is 497. The van der Waals surface area contributed by atoms with E-state index in [9.17, 15) is 0 Å². The molecule has 1 aromatic rings. The van der Waals surface area contributed by atoms with E-state index in [-0.39, 0.29) is 0 Å². The maximum atomic E-state index is 5.48. The summed E-state index contributed by atoms with van der Waals surface area (Å²) in [7, 11) is 2.18. The monoisotopic (exact) mass is 281 g/mol. The second-order valence-electron chi connectivity index (χ2n) is 5.16. The van der Waals surface area contributed by atoms with Crippen molar-refractivity contribution in [3.8, 4) is 0 Å². The minimum atomic E-state index is 0.401. The molecule has 0 amide bonds. The van der Waals surface area contributed by atoms with Gasteiger partial charge in [-0.25, -0.2) is 4.98 Å². The first-order chi connectivity index (χ1) is 8.75. The van der Waals surface area contributed by atoms with Gasteiger partial charge in [-0.05, 0) is 32.7 Å². The van der Waals surface area contributed by atoms with Gasteiger partial charge in [0, 0.05) is 29.3 Å². The first-order valence-electron chi connectivity index (χ1n) is 6.65. The van der Waals surface area contributed by atoms with E-state index in [1.807, 2.05) is 11.8 Å². The second kappa shape index (κ2) is 5.31. The summed E-state index contributed by atoms with van der Waals surface area (Å²) < 4.78 is 0.836. The fourth-order valence-electron chi connectivity index (χ4n) is 2.77.